The highest BCUT2D eigenvalue weighted by Gasteiger charge is 2.16. The number of amides is 1. The zero-order chi connectivity index (χ0) is 21.5. The lowest BCUT2D eigenvalue weighted by Crippen LogP contribution is -2.18. The summed E-state index contributed by atoms with van der Waals surface area (Å²) in [5.41, 5.74) is 1.75. The molecule has 156 valence electrons. The first kappa shape index (κ1) is 22.0. The van der Waals surface area contributed by atoms with Crippen LogP contribution in [0.2, 0.25) is 0 Å². The van der Waals surface area contributed by atoms with Gasteiger partial charge in [0, 0.05) is 4.47 Å². The Morgan fingerprint density at radius 2 is 1.87 bits per heavy atom. The molecule has 1 N–H and O–H groups in total. The molecule has 0 spiro atoms. The van der Waals surface area contributed by atoms with Crippen LogP contribution < -0.4 is 5.32 Å². The first-order valence-electron chi connectivity index (χ1n) is 9.20. The molecule has 0 saturated carbocycles. The first-order chi connectivity index (χ1) is 14.4. The van der Waals surface area contributed by atoms with E-state index in [0.29, 0.717) is 28.8 Å². The second-order valence-corrected chi connectivity index (χ2v) is 8.44. The summed E-state index contributed by atoms with van der Waals surface area (Å²) in [6.45, 7) is 3.54. The lowest BCUT2D eigenvalue weighted by Gasteiger charge is -2.12. The van der Waals surface area contributed by atoms with Crippen molar-refractivity contribution in [2.45, 2.75) is 31.6 Å². The number of benzene rings is 2. The van der Waals surface area contributed by atoms with Crippen LogP contribution >= 0.6 is 27.7 Å². The minimum Gasteiger partial charge on any atom is -0.459 e. The minimum atomic E-state index is -0.483. The predicted octanol–water partition coefficient (Wildman–Crippen LogP) is 4.72. The van der Waals surface area contributed by atoms with Crippen LogP contribution in [0.3, 0.4) is 0 Å². The third-order valence-corrected chi connectivity index (χ3v) is 5.15. The van der Waals surface area contributed by atoms with Gasteiger partial charge in [0.25, 0.3) is 5.22 Å². The van der Waals surface area contributed by atoms with E-state index in [1.165, 1.54) is 0 Å². The number of rotatable bonds is 8. The van der Waals surface area contributed by atoms with Gasteiger partial charge in [0.1, 0.15) is 0 Å². The Morgan fingerprint density at radius 3 is 2.60 bits per heavy atom. The van der Waals surface area contributed by atoms with Crippen LogP contribution in [0.4, 0.5) is 5.69 Å². The van der Waals surface area contributed by atoms with Crippen LogP contribution in [-0.2, 0) is 16.0 Å². The van der Waals surface area contributed by atoms with Crippen molar-refractivity contribution in [2.24, 2.45) is 0 Å². The minimum absolute atomic E-state index is 0.0630. The molecule has 7 nitrogen and oxygen atoms in total. The molecule has 1 heterocycles. The summed E-state index contributed by atoms with van der Waals surface area (Å²) in [6, 6.07) is 14.5. The van der Waals surface area contributed by atoms with E-state index < -0.39 is 5.97 Å². The molecule has 3 aromatic rings. The Hall–Kier alpha value is -2.65. The van der Waals surface area contributed by atoms with E-state index in [4.69, 9.17) is 9.15 Å². The zero-order valence-electron chi connectivity index (χ0n) is 16.4. The molecule has 0 aliphatic carbocycles. The number of halogens is 1. The van der Waals surface area contributed by atoms with Gasteiger partial charge in [-0.25, -0.2) is 4.79 Å². The molecule has 0 aliphatic heterocycles. The van der Waals surface area contributed by atoms with Crippen molar-refractivity contribution in [1.29, 1.82) is 0 Å². The molecule has 0 aliphatic rings. The van der Waals surface area contributed by atoms with Gasteiger partial charge in [0.2, 0.25) is 11.8 Å². The highest BCUT2D eigenvalue weighted by molar-refractivity contribution is 9.10. The summed E-state index contributed by atoms with van der Waals surface area (Å²) in [5.74, 6) is -0.240. The molecular formula is C21H20BrN3O4S. The fourth-order valence-corrected chi connectivity index (χ4v) is 3.35. The van der Waals surface area contributed by atoms with Crippen LogP contribution in [0.15, 0.2) is 62.6 Å². The standard InChI is InChI=1S/C21H20BrN3O4S/c1-13(2)28-20(27)16-5-3-4-6-17(16)23-18(26)12-30-21-25-24-19(29-21)11-14-7-9-15(22)10-8-14/h3-10,13H,11-12H2,1-2H3,(H,23,26). The third kappa shape index (κ3) is 6.43. The summed E-state index contributed by atoms with van der Waals surface area (Å²) >= 11 is 4.53. The normalized spacial score (nSPS) is 10.8. The molecule has 0 atom stereocenters. The van der Waals surface area contributed by atoms with Crippen molar-refractivity contribution in [3.8, 4) is 0 Å². The van der Waals surface area contributed by atoms with E-state index in [1.807, 2.05) is 24.3 Å². The number of carbonyl (C=O) groups is 2. The second kappa shape index (κ2) is 10.4. The average Bonchev–Trinajstić information content (AvgIpc) is 3.15. The van der Waals surface area contributed by atoms with Gasteiger partial charge in [0.05, 0.1) is 29.5 Å². The van der Waals surface area contributed by atoms with Crippen molar-refractivity contribution in [3.05, 3.63) is 70.0 Å². The highest BCUT2D eigenvalue weighted by atomic mass is 79.9. The Kier molecular flexibility index (Phi) is 7.64. The molecule has 1 amide bonds. The number of carbonyl (C=O) groups excluding carboxylic acids is 2. The number of aromatic nitrogens is 2. The molecule has 0 fully saturated rings. The van der Waals surface area contributed by atoms with Gasteiger partial charge in [-0.15, -0.1) is 10.2 Å². The maximum Gasteiger partial charge on any atom is 0.340 e. The van der Waals surface area contributed by atoms with E-state index in [0.717, 1.165) is 21.8 Å². The van der Waals surface area contributed by atoms with Gasteiger partial charge in [-0.05, 0) is 43.7 Å². The molecule has 1 aromatic heterocycles. The smallest absolute Gasteiger partial charge is 0.340 e. The summed E-state index contributed by atoms with van der Waals surface area (Å²) in [4.78, 5) is 24.5. The molecule has 0 saturated heterocycles. The third-order valence-electron chi connectivity index (χ3n) is 3.81. The zero-order valence-corrected chi connectivity index (χ0v) is 18.8. The second-order valence-electron chi connectivity index (χ2n) is 6.60. The van der Waals surface area contributed by atoms with Gasteiger partial charge < -0.3 is 14.5 Å². The number of thioether (sulfide) groups is 1. The van der Waals surface area contributed by atoms with Gasteiger partial charge in [-0.3, -0.25) is 4.79 Å². The maximum absolute atomic E-state index is 12.3. The van der Waals surface area contributed by atoms with Crippen molar-refractivity contribution in [3.63, 3.8) is 0 Å². The number of nitrogens with one attached hydrogen (secondary N) is 1. The highest BCUT2D eigenvalue weighted by Crippen LogP contribution is 2.21. The number of anilines is 1. The topological polar surface area (TPSA) is 94.3 Å². The van der Waals surface area contributed by atoms with Crippen molar-refractivity contribution >= 4 is 45.3 Å². The van der Waals surface area contributed by atoms with Gasteiger partial charge in [-0.1, -0.05) is 52.0 Å². The summed E-state index contributed by atoms with van der Waals surface area (Å²) in [5, 5.41) is 11.0. The van der Waals surface area contributed by atoms with Crippen molar-refractivity contribution < 1.29 is 18.7 Å². The first-order valence-corrected chi connectivity index (χ1v) is 11.0. The van der Waals surface area contributed by atoms with Crippen LogP contribution in [0.1, 0.15) is 35.7 Å². The Bertz CT molecular complexity index is 1020. The molecule has 9 heteroatoms. The largest absolute Gasteiger partial charge is 0.459 e. The monoisotopic (exact) mass is 489 g/mol. The summed E-state index contributed by atoms with van der Waals surface area (Å²) < 4.78 is 11.8. The van der Waals surface area contributed by atoms with Crippen molar-refractivity contribution in [1.82, 2.24) is 10.2 Å². The fraction of sp³-hybridized carbons (Fsp3) is 0.238. The lowest BCUT2D eigenvalue weighted by molar-refractivity contribution is -0.113. The number of nitrogens with zero attached hydrogens (tertiary/aromatic N) is 2. The number of hydrogen-bond acceptors (Lipinski definition) is 7. The number of ether oxygens (including phenoxy) is 1. The molecule has 30 heavy (non-hydrogen) atoms. The van der Waals surface area contributed by atoms with E-state index in [2.05, 4.69) is 31.4 Å². The lowest BCUT2D eigenvalue weighted by atomic mass is 10.2. The molecule has 0 unspecified atom stereocenters. The Labute approximate surface area is 186 Å². The van der Waals surface area contributed by atoms with Crippen LogP contribution in [0.25, 0.3) is 0 Å². The quantitative estimate of drug-likeness (QED) is 0.361. The van der Waals surface area contributed by atoms with E-state index in [9.17, 15) is 9.59 Å². The van der Waals surface area contributed by atoms with E-state index >= 15 is 0 Å². The average molecular weight is 490 g/mol. The van der Waals surface area contributed by atoms with Crippen molar-refractivity contribution in [2.75, 3.05) is 11.1 Å². The summed E-state index contributed by atoms with van der Waals surface area (Å²) in [6.07, 6.45) is 0.263. The molecule has 3 rings (SSSR count). The van der Waals surface area contributed by atoms with Gasteiger partial charge in [0.15, 0.2) is 0 Å². The number of para-hydroxylation sites is 1. The molecular weight excluding hydrogens is 470 g/mol. The van der Waals surface area contributed by atoms with Gasteiger partial charge in [-0.2, -0.15) is 0 Å². The fourth-order valence-electron chi connectivity index (χ4n) is 2.51. The van der Waals surface area contributed by atoms with Crippen LogP contribution in [-0.4, -0.2) is 33.9 Å². The molecule has 0 radical (unpaired) electrons. The van der Waals surface area contributed by atoms with Crippen LogP contribution in [0.5, 0.6) is 0 Å². The van der Waals surface area contributed by atoms with E-state index in [-0.39, 0.29) is 17.8 Å². The predicted molar refractivity (Wildman–Crippen MR) is 118 cm³/mol. The molecule has 2 aromatic carbocycles. The van der Waals surface area contributed by atoms with E-state index in [1.54, 1.807) is 38.1 Å². The SMILES string of the molecule is CC(C)OC(=O)c1ccccc1NC(=O)CSc1nnc(Cc2ccc(Br)cc2)o1. The maximum atomic E-state index is 12.3. The summed E-state index contributed by atoms with van der Waals surface area (Å²) in [7, 11) is 0. The number of hydrogen-bond donors (Lipinski definition) is 1. The number of esters is 1. The Morgan fingerprint density at radius 1 is 1.13 bits per heavy atom. The molecule has 0 bridgehead atoms. The Balaban J connectivity index is 1.55. The van der Waals surface area contributed by atoms with Crippen LogP contribution in [0, 0.1) is 0 Å². The van der Waals surface area contributed by atoms with Gasteiger partial charge >= 0.3 is 5.97 Å².